The highest BCUT2D eigenvalue weighted by molar-refractivity contribution is 7.99. The van der Waals surface area contributed by atoms with Gasteiger partial charge in [-0.25, -0.2) is 18.4 Å². The topological polar surface area (TPSA) is 92.3 Å². The summed E-state index contributed by atoms with van der Waals surface area (Å²) in [5.74, 6) is 1.26. The van der Waals surface area contributed by atoms with E-state index in [1.54, 1.807) is 0 Å². The van der Waals surface area contributed by atoms with E-state index in [2.05, 4.69) is 15.3 Å². The van der Waals surface area contributed by atoms with Gasteiger partial charge in [-0.3, -0.25) is 4.79 Å². The molecule has 7 nitrogen and oxygen atoms in total. The molecular formula is C21H28N4O3S2. The van der Waals surface area contributed by atoms with Gasteiger partial charge in [0.15, 0.2) is 15.0 Å². The van der Waals surface area contributed by atoms with E-state index in [1.807, 2.05) is 36.1 Å². The van der Waals surface area contributed by atoms with Gasteiger partial charge in [-0.15, -0.1) is 0 Å². The van der Waals surface area contributed by atoms with E-state index in [9.17, 15) is 13.2 Å². The number of amides is 1. The van der Waals surface area contributed by atoms with Crippen LogP contribution in [0, 0.1) is 0 Å². The first-order chi connectivity index (χ1) is 14.5. The van der Waals surface area contributed by atoms with Gasteiger partial charge in [-0.05, 0) is 38.3 Å². The Morgan fingerprint density at radius 1 is 1.17 bits per heavy atom. The number of hydrogen-bond donors (Lipinski definition) is 1. The van der Waals surface area contributed by atoms with Gasteiger partial charge in [0.1, 0.15) is 5.82 Å². The summed E-state index contributed by atoms with van der Waals surface area (Å²) in [5, 5.41) is 4.79. The average Bonchev–Trinajstić information content (AvgIpc) is 3.37. The molecule has 1 aromatic carbocycles. The summed E-state index contributed by atoms with van der Waals surface area (Å²) in [7, 11) is -3.04. The van der Waals surface area contributed by atoms with Gasteiger partial charge in [-0.1, -0.05) is 36.7 Å². The molecule has 0 spiro atoms. The Balaban J connectivity index is 1.52. The number of carbonyl (C=O) groups is 1. The number of thioether (sulfide) groups is 1. The smallest absolute Gasteiger partial charge is 0.233 e. The minimum atomic E-state index is -3.04. The number of anilines is 1. The minimum Gasteiger partial charge on any atom is -0.370 e. The lowest BCUT2D eigenvalue weighted by Gasteiger charge is -2.34. The lowest BCUT2D eigenvalue weighted by atomic mass is 10.1. The number of sulfone groups is 1. The number of aromatic nitrogens is 2. The molecule has 2 heterocycles. The molecule has 1 saturated heterocycles. The molecule has 1 atom stereocenters. The van der Waals surface area contributed by atoms with Crippen LogP contribution in [0.2, 0.25) is 0 Å². The number of rotatable bonds is 7. The summed E-state index contributed by atoms with van der Waals surface area (Å²) >= 11 is 1.33. The van der Waals surface area contributed by atoms with Crippen LogP contribution in [-0.4, -0.2) is 65.1 Å². The predicted molar refractivity (Wildman–Crippen MR) is 121 cm³/mol. The second-order valence-electron chi connectivity index (χ2n) is 7.99. The average molecular weight is 449 g/mol. The maximum atomic E-state index is 13.2. The lowest BCUT2D eigenvalue weighted by Crippen LogP contribution is -2.47. The fourth-order valence-corrected chi connectivity index (χ4v) is 6.94. The SMILES string of the molecule is CCNc1nc(SCC(=O)N(C2CCCC2)[C@H]2CCS(=O)(=O)C2)nc2ccccc12. The second kappa shape index (κ2) is 9.09. The zero-order chi connectivity index (χ0) is 21.1. The third-order valence-electron chi connectivity index (χ3n) is 5.86. The standard InChI is InChI=1S/C21H28N4O3S2/c1-2-22-20-17-9-5-6-10-18(17)23-21(24-20)29-13-19(26)25(15-7-3-4-8-15)16-11-12-30(27,28)14-16/h5-6,9-10,15-16H,2-4,7-8,11-14H2,1H3,(H,22,23,24)/t16-/m0/s1. The fourth-order valence-electron chi connectivity index (χ4n) is 4.51. The normalized spacial score (nSPS) is 21.2. The van der Waals surface area contributed by atoms with Gasteiger partial charge in [0, 0.05) is 24.0 Å². The molecule has 0 bridgehead atoms. The second-order valence-corrected chi connectivity index (χ2v) is 11.2. The van der Waals surface area contributed by atoms with Gasteiger partial charge in [0.05, 0.1) is 22.8 Å². The number of hydrogen-bond acceptors (Lipinski definition) is 7. The van der Waals surface area contributed by atoms with E-state index >= 15 is 0 Å². The van der Waals surface area contributed by atoms with E-state index in [0.717, 1.165) is 48.9 Å². The Kier molecular flexibility index (Phi) is 6.48. The Morgan fingerprint density at radius 3 is 2.63 bits per heavy atom. The van der Waals surface area contributed by atoms with Crippen molar-refractivity contribution in [2.75, 3.05) is 29.1 Å². The summed E-state index contributed by atoms with van der Waals surface area (Å²) in [4.78, 5) is 24.3. The van der Waals surface area contributed by atoms with Crippen molar-refractivity contribution in [3.05, 3.63) is 24.3 Å². The van der Waals surface area contributed by atoms with Crippen molar-refractivity contribution in [2.45, 2.75) is 56.3 Å². The first-order valence-electron chi connectivity index (χ1n) is 10.6. The monoisotopic (exact) mass is 448 g/mol. The van der Waals surface area contributed by atoms with Crippen LogP contribution in [-0.2, 0) is 14.6 Å². The number of benzene rings is 1. The molecular weight excluding hydrogens is 420 g/mol. The Bertz CT molecular complexity index is 1020. The number of fused-ring (bicyclic) bond motifs is 1. The van der Waals surface area contributed by atoms with Crippen LogP contribution < -0.4 is 5.32 Å². The fraction of sp³-hybridized carbons (Fsp3) is 0.571. The lowest BCUT2D eigenvalue weighted by molar-refractivity contribution is -0.132. The highest BCUT2D eigenvalue weighted by Crippen LogP contribution is 2.31. The zero-order valence-electron chi connectivity index (χ0n) is 17.2. The van der Waals surface area contributed by atoms with Crippen LogP contribution in [0.15, 0.2) is 29.4 Å². The van der Waals surface area contributed by atoms with Crippen molar-refractivity contribution in [3.63, 3.8) is 0 Å². The van der Waals surface area contributed by atoms with Crippen LogP contribution >= 0.6 is 11.8 Å². The van der Waals surface area contributed by atoms with E-state index in [1.165, 1.54) is 11.8 Å². The highest BCUT2D eigenvalue weighted by Gasteiger charge is 2.38. The largest absolute Gasteiger partial charge is 0.370 e. The minimum absolute atomic E-state index is 0.00393. The van der Waals surface area contributed by atoms with E-state index < -0.39 is 9.84 Å². The van der Waals surface area contributed by atoms with Crippen LogP contribution in [0.5, 0.6) is 0 Å². The molecule has 1 aliphatic carbocycles. The van der Waals surface area contributed by atoms with Gasteiger partial charge >= 0.3 is 0 Å². The summed E-state index contributed by atoms with van der Waals surface area (Å²) in [6.45, 7) is 2.76. The van der Waals surface area contributed by atoms with Crippen molar-refractivity contribution in [2.24, 2.45) is 0 Å². The molecule has 1 amide bonds. The molecule has 2 fully saturated rings. The maximum absolute atomic E-state index is 13.2. The van der Waals surface area contributed by atoms with Crippen molar-refractivity contribution in [1.29, 1.82) is 0 Å². The molecule has 1 N–H and O–H groups in total. The zero-order valence-corrected chi connectivity index (χ0v) is 18.8. The summed E-state index contributed by atoms with van der Waals surface area (Å²) in [6, 6.07) is 7.78. The van der Waals surface area contributed by atoms with Crippen molar-refractivity contribution < 1.29 is 13.2 Å². The van der Waals surface area contributed by atoms with Crippen LogP contribution in [0.3, 0.4) is 0 Å². The molecule has 0 radical (unpaired) electrons. The number of nitrogens with one attached hydrogen (secondary N) is 1. The van der Waals surface area contributed by atoms with Gasteiger partial charge in [-0.2, -0.15) is 0 Å². The van der Waals surface area contributed by atoms with Crippen molar-refractivity contribution in [1.82, 2.24) is 14.9 Å². The molecule has 9 heteroatoms. The Morgan fingerprint density at radius 2 is 1.93 bits per heavy atom. The molecule has 30 heavy (non-hydrogen) atoms. The van der Waals surface area contributed by atoms with Crippen molar-refractivity contribution >= 4 is 44.2 Å². The molecule has 1 saturated carbocycles. The quantitative estimate of drug-likeness (QED) is 0.514. The summed E-state index contributed by atoms with van der Waals surface area (Å²) in [5.41, 5.74) is 0.841. The Hall–Kier alpha value is -1.87. The van der Waals surface area contributed by atoms with E-state index in [-0.39, 0.29) is 35.2 Å². The maximum Gasteiger partial charge on any atom is 0.233 e. The third kappa shape index (κ3) is 4.72. The number of para-hydroxylation sites is 1. The first kappa shape index (κ1) is 21.4. The van der Waals surface area contributed by atoms with Gasteiger partial charge in [0.2, 0.25) is 5.91 Å². The first-order valence-corrected chi connectivity index (χ1v) is 13.4. The highest BCUT2D eigenvalue weighted by atomic mass is 32.2. The predicted octanol–water partition coefficient (Wildman–Crippen LogP) is 3.11. The Labute approximate surface area is 182 Å². The van der Waals surface area contributed by atoms with Crippen molar-refractivity contribution in [3.8, 4) is 0 Å². The number of nitrogens with zero attached hydrogens (tertiary/aromatic N) is 3. The van der Waals surface area contributed by atoms with E-state index in [0.29, 0.717) is 11.6 Å². The molecule has 4 rings (SSSR count). The van der Waals surface area contributed by atoms with E-state index in [4.69, 9.17) is 0 Å². The third-order valence-corrected chi connectivity index (χ3v) is 8.44. The molecule has 2 aliphatic rings. The number of carbonyl (C=O) groups excluding carboxylic acids is 1. The van der Waals surface area contributed by atoms with Gasteiger partial charge < -0.3 is 10.2 Å². The molecule has 1 aliphatic heterocycles. The van der Waals surface area contributed by atoms with Crippen LogP contribution in [0.4, 0.5) is 5.82 Å². The summed E-state index contributed by atoms with van der Waals surface area (Å²) in [6.07, 6.45) is 4.67. The molecule has 1 aromatic heterocycles. The molecule has 162 valence electrons. The molecule has 2 aromatic rings. The van der Waals surface area contributed by atoms with Crippen LogP contribution in [0.25, 0.3) is 10.9 Å². The summed E-state index contributed by atoms with van der Waals surface area (Å²) < 4.78 is 24.0. The molecule has 0 unspecified atom stereocenters. The van der Waals surface area contributed by atoms with Gasteiger partial charge in [0.25, 0.3) is 0 Å². The van der Waals surface area contributed by atoms with Crippen LogP contribution in [0.1, 0.15) is 39.0 Å².